The van der Waals surface area contributed by atoms with Crippen molar-refractivity contribution in [3.63, 3.8) is 0 Å². The maximum Gasteiger partial charge on any atom is 0.153 e. The van der Waals surface area contributed by atoms with Gasteiger partial charge in [0.2, 0.25) is 0 Å². The van der Waals surface area contributed by atoms with Gasteiger partial charge in [0.05, 0.1) is 12.0 Å². The van der Waals surface area contributed by atoms with Crippen molar-refractivity contribution in [2.24, 2.45) is 0 Å². The molecule has 0 saturated carbocycles. The molecule has 1 aromatic heterocycles. The number of fused-ring (bicyclic) bond motifs is 1. The summed E-state index contributed by atoms with van der Waals surface area (Å²) in [6, 6.07) is 24.5. The van der Waals surface area contributed by atoms with Crippen molar-refractivity contribution < 1.29 is 14.2 Å². The first kappa shape index (κ1) is 21.8. The number of piperidine rings is 1. The second-order valence-electron chi connectivity index (χ2n) is 8.31. The molecule has 5 rings (SSSR count). The third-order valence-corrected chi connectivity index (χ3v) is 7.27. The molecule has 33 heavy (non-hydrogen) atoms. The summed E-state index contributed by atoms with van der Waals surface area (Å²) < 4.78 is 18.9. The molecule has 0 radical (unpaired) electrons. The number of nitrogens with zero attached hydrogens (tertiary/aromatic N) is 1. The molecule has 0 spiro atoms. The lowest BCUT2D eigenvalue weighted by Crippen LogP contribution is -2.33. The Balaban J connectivity index is 1.32. The van der Waals surface area contributed by atoms with Crippen LogP contribution in [0.1, 0.15) is 19.3 Å². The van der Waals surface area contributed by atoms with Crippen LogP contribution in [0.3, 0.4) is 0 Å². The Bertz CT molecular complexity index is 1180. The molecule has 5 heteroatoms. The molecule has 0 amide bonds. The van der Waals surface area contributed by atoms with Crippen molar-refractivity contribution in [2.75, 3.05) is 33.4 Å². The Labute approximate surface area is 199 Å². The van der Waals surface area contributed by atoms with Crippen LogP contribution in [0.2, 0.25) is 0 Å². The predicted octanol–water partition coefficient (Wildman–Crippen LogP) is 7.23. The van der Waals surface area contributed by atoms with E-state index in [2.05, 4.69) is 41.3 Å². The predicted molar refractivity (Wildman–Crippen MR) is 136 cm³/mol. The summed E-state index contributed by atoms with van der Waals surface area (Å²) >= 11 is 1.74. The van der Waals surface area contributed by atoms with Gasteiger partial charge in [-0.1, -0.05) is 18.6 Å². The van der Waals surface area contributed by atoms with E-state index < -0.39 is 0 Å². The molecule has 170 valence electrons. The van der Waals surface area contributed by atoms with Crippen LogP contribution in [-0.4, -0.2) is 38.3 Å². The van der Waals surface area contributed by atoms with Crippen molar-refractivity contribution in [2.45, 2.75) is 19.3 Å². The van der Waals surface area contributed by atoms with Crippen LogP contribution < -0.4 is 14.2 Å². The molecular weight excluding hydrogens is 430 g/mol. The van der Waals surface area contributed by atoms with Crippen molar-refractivity contribution in [1.82, 2.24) is 4.90 Å². The second kappa shape index (κ2) is 10.3. The normalized spacial score (nSPS) is 14.3. The highest BCUT2D eigenvalue weighted by Gasteiger charge is 2.16. The third kappa shape index (κ3) is 5.15. The van der Waals surface area contributed by atoms with Gasteiger partial charge in [-0.2, -0.15) is 0 Å². The standard InChI is InChI=1S/C28H29NO3S/c1-30-22-11-9-21(10-12-22)28-27(25-7-3-4-8-26(25)33-28)32-24-15-13-23(14-16-24)31-20-19-29-17-5-2-6-18-29/h3-4,7-16H,2,5-6,17-20H2,1H3. The zero-order valence-corrected chi connectivity index (χ0v) is 19.8. The molecule has 0 bridgehead atoms. The fourth-order valence-corrected chi connectivity index (χ4v) is 5.39. The minimum absolute atomic E-state index is 0.719. The summed E-state index contributed by atoms with van der Waals surface area (Å²) in [6.07, 6.45) is 3.97. The van der Waals surface area contributed by atoms with Gasteiger partial charge >= 0.3 is 0 Å². The number of hydrogen-bond donors (Lipinski definition) is 0. The summed E-state index contributed by atoms with van der Waals surface area (Å²) in [5.41, 5.74) is 1.12. The van der Waals surface area contributed by atoms with Crippen molar-refractivity contribution in [3.05, 3.63) is 72.8 Å². The van der Waals surface area contributed by atoms with Crippen LogP contribution in [0.15, 0.2) is 72.8 Å². The van der Waals surface area contributed by atoms with Gasteiger partial charge in [0, 0.05) is 16.6 Å². The Kier molecular flexibility index (Phi) is 6.79. The van der Waals surface area contributed by atoms with Crippen LogP contribution in [-0.2, 0) is 0 Å². The van der Waals surface area contributed by atoms with Gasteiger partial charge in [-0.3, -0.25) is 4.90 Å². The van der Waals surface area contributed by atoms with Crippen molar-refractivity contribution >= 4 is 21.4 Å². The monoisotopic (exact) mass is 459 g/mol. The minimum atomic E-state index is 0.719. The Hall–Kier alpha value is -3.02. The number of ether oxygens (including phenoxy) is 3. The molecule has 1 fully saturated rings. The molecule has 0 N–H and O–H groups in total. The number of thiophene rings is 1. The Morgan fingerprint density at radius 1 is 0.788 bits per heavy atom. The van der Waals surface area contributed by atoms with E-state index in [0.29, 0.717) is 0 Å². The summed E-state index contributed by atoms with van der Waals surface area (Å²) in [7, 11) is 1.68. The summed E-state index contributed by atoms with van der Waals surface area (Å²) in [4.78, 5) is 3.60. The fraction of sp³-hybridized carbons (Fsp3) is 0.286. The first-order valence-electron chi connectivity index (χ1n) is 11.6. The van der Waals surface area contributed by atoms with Gasteiger partial charge in [0.1, 0.15) is 23.9 Å². The molecule has 0 unspecified atom stereocenters. The van der Waals surface area contributed by atoms with E-state index in [-0.39, 0.29) is 0 Å². The first-order chi connectivity index (χ1) is 16.3. The number of rotatable bonds is 8. The van der Waals surface area contributed by atoms with Crippen LogP contribution in [0.4, 0.5) is 0 Å². The molecule has 1 aliphatic rings. The smallest absolute Gasteiger partial charge is 0.153 e. The maximum atomic E-state index is 6.44. The fourth-order valence-electron chi connectivity index (χ4n) is 4.25. The zero-order chi connectivity index (χ0) is 22.5. The lowest BCUT2D eigenvalue weighted by Gasteiger charge is -2.26. The highest BCUT2D eigenvalue weighted by Crippen LogP contribution is 2.46. The summed E-state index contributed by atoms with van der Waals surface area (Å²) in [6.45, 7) is 4.10. The topological polar surface area (TPSA) is 30.9 Å². The average Bonchev–Trinajstić information content (AvgIpc) is 3.24. The molecule has 4 nitrogen and oxygen atoms in total. The SMILES string of the molecule is COc1ccc(-c2sc3ccccc3c2Oc2ccc(OCCN3CCCCC3)cc2)cc1. The van der Waals surface area contributed by atoms with Gasteiger partial charge < -0.3 is 14.2 Å². The van der Waals surface area contributed by atoms with Crippen LogP contribution in [0.5, 0.6) is 23.0 Å². The molecule has 3 aromatic carbocycles. The quantitative estimate of drug-likeness (QED) is 0.278. The largest absolute Gasteiger partial charge is 0.497 e. The van der Waals surface area contributed by atoms with Gasteiger partial charge in [-0.05, 0) is 92.2 Å². The van der Waals surface area contributed by atoms with Gasteiger partial charge in [-0.25, -0.2) is 0 Å². The molecule has 4 aromatic rings. The van der Waals surface area contributed by atoms with Crippen molar-refractivity contribution in [3.8, 4) is 33.4 Å². The highest BCUT2D eigenvalue weighted by molar-refractivity contribution is 7.22. The molecule has 0 aliphatic carbocycles. The lowest BCUT2D eigenvalue weighted by molar-refractivity contribution is 0.183. The molecule has 0 atom stereocenters. The number of benzene rings is 3. The van der Waals surface area contributed by atoms with Crippen LogP contribution >= 0.6 is 11.3 Å². The number of likely N-dealkylation sites (tertiary alicyclic amines) is 1. The first-order valence-corrected chi connectivity index (χ1v) is 12.4. The molecule has 1 saturated heterocycles. The zero-order valence-electron chi connectivity index (χ0n) is 19.0. The molecule has 2 heterocycles. The highest BCUT2D eigenvalue weighted by atomic mass is 32.1. The molecular formula is C28H29NO3S. The Morgan fingerprint density at radius 3 is 2.24 bits per heavy atom. The van der Waals surface area contributed by atoms with E-state index in [0.717, 1.165) is 52.0 Å². The number of methoxy groups -OCH3 is 1. The van der Waals surface area contributed by atoms with E-state index in [1.165, 1.54) is 37.1 Å². The van der Waals surface area contributed by atoms with E-state index in [4.69, 9.17) is 14.2 Å². The second-order valence-corrected chi connectivity index (χ2v) is 9.36. The molecule has 1 aliphatic heterocycles. The third-order valence-electron chi connectivity index (χ3n) is 6.07. The van der Waals surface area contributed by atoms with Gasteiger partial charge in [-0.15, -0.1) is 11.3 Å². The van der Waals surface area contributed by atoms with E-state index >= 15 is 0 Å². The number of hydrogen-bond acceptors (Lipinski definition) is 5. The minimum Gasteiger partial charge on any atom is -0.497 e. The lowest BCUT2D eigenvalue weighted by atomic mass is 10.1. The summed E-state index contributed by atoms with van der Waals surface area (Å²) in [5, 5.41) is 1.12. The van der Waals surface area contributed by atoms with Crippen LogP contribution in [0.25, 0.3) is 20.5 Å². The Morgan fingerprint density at radius 2 is 1.48 bits per heavy atom. The van der Waals surface area contributed by atoms with Gasteiger partial charge in [0.25, 0.3) is 0 Å². The summed E-state index contributed by atoms with van der Waals surface area (Å²) in [5.74, 6) is 3.42. The average molecular weight is 460 g/mol. The van der Waals surface area contributed by atoms with Crippen molar-refractivity contribution in [1.29, 1.82) is 0 Å². The van der Waals surface area contributed by atoms with E-state index in [9.17, 15) is 0 Å². The van der Waals surface area contributed by atoms with E-state index in [1.54, 1.807) is 18.4 Å². The maximum absolute atomic E-state index is 6.44. The van der Waals surface area contributed by atoms with Crippen LogP contribution in [0, 0.1) is 0 Å². The van der Waals surface area contributed by atoms with E-state index in [1.807, 2.05) is 36.4 Å². The van der Waals surface area contributed by atoms with Gasteiger partial charge in [0.15, 0.2) is 5.75 Å².